The van der Waals surface area contributed by atoms with Crippen molar-refractivity contribution in [3.63, 3.8) is 0 Å². The van der Waals surface area contributed by atoms with Gasteiger partial charge >= 0.3 is 0 Å². The maximum absolute atomic E-state index is 13.6. The van der Waals surface area contributed by atoms with Crippen LogP contribution >= 0.6 is 0 Å². The monoisotopic (exact) mass is 385 g/mol. The number of ether oxygens (including phenoxy) is 2. The standard InChI is InChI=1S/C21H24FN3O3/c1-27-20-16(4-3-9-23-20)13-24-10-7-21(8-11-24)15-25(19(26)14-28-21)18-6-2-5-17(22)12-18/h2-6,9,12H,7-8,10-11,13-15H2,1H3. The molecule has 1 aromatic carbocycles. The van der Waals surface area contributed by atoms with E-state index < -0.39 is 0 Å². The summed E-state index contributed by atoms with van der Waals surface area (Å²) in [6.07, 6.45) is 3.35. The van der Waals surface area contributed by atoms with Crippen LogP contribution in [0.4, 0.5) is 10.1 Å². The fourth-order valence-electron chi connectivity index (χ4n) is 3.98. The van der Waals surface area contributed by atoms with E-state index >= 15 is 0 Å². The Morgan fingerprint density at radius 2 is 2.07 bits per heavy atom. The van der Waals surface area contributed by atoms with E-state index in [1.807, 2.05) is 12.1 Å². The largest absolute Gasteiger partial charge is 0.481 e. The molecule has 2 aliphatic rings. The minimum Gasteiger partial charge on any atom is -0.481 e. The summed E-state index contributed by atoms with van der Waals surface area (Å²) < 4.78 is 25.0. The Morgan fingerprint density at radius 3 is 2.82 bits per heavy atom. The highest BCUT2D eigenvalue weighted by Gasteiger charge is 2.42. The maximum atomic E-state index is 13.6. The van der Waals surface area contributed by atoms with Crippen LogP contribution in [0.5, 0.6) is 5.88 Å². The van der Waals surface area contributed by atoms with E-state index in [0.717, 1.165) is 38.0 Å². The molecule has 2 saturated heterocycles. The second kappa shape index (κ2) is 7.85. The van der Waals surface area contributed by atoms with E-state index in [9.17, 15) is 9.18 Å². The molecule has 2 aliphatic heterocycles. The van der Waals surface area contributed by atoms with Crippen molar-refractivity contribution in [2.75, 3.05) is 38.3 Å². The second-order valence-electron chi connectivity index (χ2n) is 7.38. The van der Waals surface area contributed by atoms with E-state index in [1.165, 1.54) is 12.1 Å². The van der Waals surface area contributed by atoms with Crippen LogP contribution in [0.25, 0.3) is 0 Å². The molecule has 148 valence electrons. The second-order valence-corrected chi connectivity index (χ2v) is 7.38. The Labute approximate surface area is 163 Å². The van der Waals surface area contributed by atoms with Crippen molar-refractivity contribution in [2.24, 2.45) is 0 Å². The fourth-order valence-corrected chi connectivity index (χ4v) is 3.98. The zero-order valence-corrected chi connectivity index (χ0v) is 15.9. The van der Waals surface area contributed by atoms with Gasteiger partial charge in [0.15, 0.2) is 0 Å². The fraction of sp³-hybridized carbons (Fsp3) is 0.429. The molecule has 1 spiro atoms. The van der Waals surface area contributed by atoms with Crippen LogP contribution < -0.4 is 9.64 Å². The lowest BCUT2D eigenvalue weighted by molar-refractivity contribution is -0.145. The molecule has 2 fully saturated rings. The van der Waals surface area contributed by atoms with Gasteiger partial charge in [-0.25, -0.2) is 9.37 Å². The number of anilines is 1. The predicted molar refractivity (Wildman–Crippen MR) is 103 cm³/mol. The molecule has 28 heavy (non-hydrogen) atoms. The number of carbonyl (C=O) groups excluding carboxylic acids is 1. The lowest BCUT2D eigenvalue weighted by atomic mass is 9.88. The molecular weight excluding hydrogens is 361 g/mol. The summed E-state index contributed by atoms with van der Waals surface area (Å²) in [5.74, 6) is 0.185. The van der Waals surface area contributed by atoms with Crippen molar-refractivity contribution in [2.45, 2.75) is 25.0 Å². The highest BCUT2D eigenvalue weighted by Crippen LogP contribution is 2.33. The van der Waals surface area contributed by atoms with Crippen molar-refractivity contribution in [3.05, 3.63) is 54.0 Å². The van der Waals surface area contributed by atoms with Gasteiger partial charge in [-0.15, -0.1) is 0 Å². The Morgan fingerprint density at radius 1 is 1.25 bits per heavy atom. The van der Waals surface area contributed by atoms with Crippen molar-refractivity contribution in [3.8, 4) is 5.88 Å². The molecule has 2 aromatic rings. The molecule has 1 amide bonds. The average Bonchev–Trinajstić information content (AvgIpc) is 2.72. The van der Waals surface area contributed by atoms with Gasteiger partial charge in [0, 0.05) is 37.1 Å². The van der Waals surface area contributed by atoms with Gasteiger partial charge in [0.2, 0.25) is 5.88 Å². The lowest BCUT2D eigenvalue weighted by Crippen LogP contribution is -2.58. The number of rotatable bonds is 4. The van der Waals surface area contributed by atoms with Crippen LogP contribution in [0, 0.1) is 5.82 Å². The first kappa shape index (κ1) is 18.8. The molecule has 0 radical (unpaired) electrons. The molecule has 6 nitrogen and oxygen atoms in total. The number of pyridine rings is 1. The number of halogens is 1. The van der Waals surface area contributed by atoms with Crippen LogP contribution in [-0.2, 0) is 16.1 Å². The third-order valence-electron chi connectivity index (χ3n) is 5.57. The number of hydrogen-bond acceptors (Lipinski definition) is 5. The molecule has 7 heteroatoms. The molecule has 0 bridgehead atoms. The predicted octanol–water partition coefficient (Wildman–Crippen LogP) is 2.63. The van der Waals surface area contributed by atoms with E-state index in [1.54, 1.807) is 30.3 Å². The Bertz CT molecular complexity index is 852. The highest BCUT2D eigenvalue weighted by atomic mass is 19.1. The van der Waals surface area contributed by atoms with Crippen LogP contribution in [0.15, 0.2) is 42.6 Å². The van der Waals surface area contributed by atoms with Crippen molar-refractivity contribution < 1.29 is 18.7 Å². The highest BCUT2D eigenvalue weighted by molar-refractivity contribution is 5.95. The molecule has 1 aromatic heterocycles. The topological polar surface area (TPSA) is 54.9 Å². The molecule has 3 heterocycles. The summed E-state index contributed by atoms with van der Waals surface area (Å²) in [5.41, 5.74) is 1.27. The normalized spacial score (nSPS) is 19.8. The number of piperidine rings is 1. The van der Waals surface area contributed by atoms with E-state index in [0.29, 0.717) is 18.1 Å². The van der Waals surface area contributed by atoms with Crippen LogP contribution in [0.3, 0.4) is 0 Å². The zero-order valence-electron chi connectivity index (χ0n) is 15.9. The van der Waals surface area contributed by atoms with Crippen molar-refractivity contribution in [1.82, 2.24) is 9.88 Å². The number of carbonyl (C=O) groups is 1. The summed E-state index contributed by atoms with van der Waals surface area (Å²) in [5, 5.41) is 0. The molecule has 0 saturated carbocycles. The molecule has 0 N–H and O–H groups in total. The third kappa shape index (κ3) is 3.86. The van der Waals surface area contributed by atoms with Crippen molar-refractivity contribution in [1.29, 1.82) is 0 Å². The Balaban J connectivity index is 1.42. The summed E-state index contributed by atoms with van der Waals surface area (Å²) >= 11 is 0. The van der Waals surface area contributed by atoms with E-state index in [4.69, 9.17) is 9.47 Å². The first-order valence-corrected chi connectivity index (χ1v) is 9.49. The molecule has 4 rings (SSSR count). The van der Waals surface area contributed by atoms with E-state index in [2.05, 4.69) is 9.88 Å². The van der Waals surface area contributed by atoms with Gasteiger partial charge in [-0.05, 0) is 37.1 Å². The minimum atomic E-state index is -0.379. The maximum Gasteiger partial charge on any atom is 0.253 e. The quantitative estimate of drug-likeness (QED) is 0.810. The summed E-state index contributed by atoms with van der Waals surface area (Å²) in [6, 6.07) is 10.1. The number of hydrogen-bond donors (Lipinski definition) is 0. The number of likely N-dealkylation sites (tertiary alicyclic amines) is 1. The van der Waals surface area contributed by atoms with Crippen LogP contribution in [0.1, 0.15) is 18.4 Å². The van der Waals surface area contributed by atoms with Gasteiger partial charge in [-0.2, -0.15) is 0 Å². The lowest BCUT2D eigenvalue weighted by Gasteiger charge is -2.47. The molecular formula is C21H24FN3O3. The Hall–Kier alpha value is -2.51. The first-order valence-electron chi connectivity index (χ1n) is 9.49. The minimum absolute atomic E-state index is 0.0347. The van der Waals surface area contributed by atoms with Crippen LogP contribution in [0.2, 0.25) is 0 Å². The van der Waals surface area contributed by atoms with Gasteiger partial charge in [0.25, 0.3) is 5.91 Å². The SMILES string of the molecule is COc1ncccc1CN1CCC2(CC1)CN(c1cccc(F)c1)C(=O)CO2. The average molecular weight is 385 g/mol. The summed E-state index contributed by atoms with van der Waals surface area (Å²) in [4.78, 5) is 20.6. The van der Waals surface area contributed by atoms with Gasteiger partial charge < -0.3 is 14.4 Å². The van der Waals surface area contributed by atoms with Gasteiger partial charge in [-0.3, -0.25) is 9.69 Å². The van der Waals surface area contributed by atoms with Gasteiger partial charge in [0.1, 0.15) is 12.4 Å². The zero-order chi connectivity index (χ0) is 19.6. The third-order valence-corrected chi connectivity index (χ3v) is 5.57. The first-order chi connectivity index (χ1) is 13.6. The molecule has 0 aliphatic carbocycles. The molecule has 0 unspecified atom stereocenters. The number of nitrogens with zero attached hydrogens (tertiary/aromatic N) is 3. The number of aromatic nitrogens is 1. The number of morpholine rings is 1. The summed E-state index contributed by atoms with van der Waals surface area (Å²) in [7, 11) is 1.63. The Kier molecular flexibility index (Phi) is 5.28. The molecule has 0 atom stereocenters. The van der Waals surface area contributed by atoms with Gasteiger partial charge in [0.05, 0.1) is 19.3 Å². The number of methoxy groups -OCH3 is 1. The van der Waals surface area contributed by atoms with Gasteiger partial charge in [-0.1, -0.05) is 12.1 Å². The smallest absolute Gasteiger partial charge is 0.253 e. The van der Waals surface area contributed by atoms with Crippen molar-refractivity contribution >= 4 is 11.6 Å². The number of amides is 1. The summed E-state index contributed by atoms with van der Waals surface area (Å²) in [6.45, 7) is 2.96. The van der Waals surface area contributed by atoms with Crippen LogP contribution in [-0.4, -0.2) is 54.7 Å². The van der Waals surface area contributed by atoms with E-state index in [-0.39, 0.29) is 23.9 Å². The number of benzene rings is 1.